The van der Waals surface area contributed by atoms with Crippen LogP contribution in [0.3, 0.4) is 0 Å². The maximum absolute atomic E-state index is 5.64. The maximum Gasteiger partial charge on any atom is 0.0625 e. The molecule has 0 aromatic carbocycles. The molecule has 8 aliphatic rings. The van der Waals surface area contributed by atoms with Crippen LogP contribution < -0.4 is 26.6 Å². The van der Waals surface area contributed by atoms with Gasteiger partial charge in [-0.25, -0.2) is 0 Å². The molecule has 0 unspecified atom stereocenters. The lowest BCUT2D eigenvalue weighted by Crippen LogP contribution is -2.54. The number of piperazine rings is 1. The van der Waals surface area contributed by atoms with Crippen LogP contribution in [0.1, 0.15) is 307 Å². The van der Waals surface area contributed by atoms with Crippen molar-refractivity contribution < 1.29 is 14.2 Å². The number of nitrogens with one attached hydrogen (secondary N) is 5. The molecular weight excluding hydrogens is 983 g/mol. The quantitative estimate of drug-likeness (QED) is 0.164. The normalized spacial score (nSPS) is 27.1. The minimum atomic E-state index is 0.334. The van der Waals surface area contributed by atoms with Gasteiger partial charge >= 0.3 is 0 Å². The first-order chi connectivity index (χ1) is 36.8. The summed E-state index contributed by atoms with van der Waals surface area (Å²) in [5.74, 6) is 2.00. The van der Waals surface area contributed by atoms with Crippen molar-refractivity contribution in [1.29, 1.82) is 0 Å². The van der Waals surface area contributed by atoms with Crippen LogP contribution in [0, 0.1) is 55.2 Å². The maximum atomic E-state index is 5.64. The molecule has 80 heavy (non-hydrogen) atoms. The molecule has 0 spiro atoms. The zero-order chi connectivity index (χ0) is 60.9. The Hall–Kier alpha value is -0.320. The Morgan fingerprint density at radius 2 is 0.600 bits per heavy atom. The molecule has 6 heterocycles. The first-order valence-electron chi connectivity index (χ1n) is 34.3. The Morgan fingerprint density at radius 3 is 0.787 bits per heavy atom. The second kappa shape index (κ2) is 38.1. The molecule has 0 radical (unpaired) electrons. The molecule has 0 bridgehead atoms. The van der Waals surface area contributed by atoms with Gasteiger partial charge < -0.3 is 40.8 Å². The monoisotopic (exact) mass is 1130 g/mol. The van der Waals surface area contributed by atoms with Crippen LogP contribution in [0.25, 0.3) is 0 Å². The average molecular weight is 1130 g/mol. The van der Waals surface area contributed by atoms with Crippen molar-refractivity contribution in [1.82, 2.24) is 26.6 Å². The summed E-state index contributed by atoms with van der Waals surface area (Å²) >= 11 is 0. The summed E-state index contributed by atoms with van der Waals surface area (Å²) in [5, 5.41) is 17.4. The molecule has 8 rings (SSSR count). The van der Waals surface area contributed by atoms with E-state index in [1.807, 2.05) is 0 Å². The molecular formula is C72H149N5O3. The highest BCUT2D eigenvalue weighted by Crippen LogP contribution is 2.39. The van der Waals surface area contributed by atoms with Crippen LogP contribution in [-0.4, -0.2) is 102 Å². The summed E-state index contributed by atoms with van der Waals surface area (Å²) in [7, 11) is 0. The molecule has 480 valence electrons. The fourth-order valence-electron chi connectivity index (χ4n) is 12.4. The zero-order valence-electron chi connectivity index (χ0n) is 59.0. The van der Waals surface area contributed by atoms with E-state index in [0.717, 1.165) is 76.5 Å². The van der Waals surface area contributed by atoms with Gasteiger partial charge in [-0.2, -0.15) is 0 Å². The van der Waals surface area contributed by atoms with Gasteiger partial charge in [-0.1, -0.05) is 218 Å². The number of hydrogen-bond acceptors (Lipinski definition) is 8. The van der Waals surface area contributed by atoms with E-state index in [4.69, 9.17) is 14.2 Å². The molecule has 6 saturated heterocycles. The van der Waals surface area contributed by atoms with E-state index < -0.39 is 0 Å². The summed E-state index contributed by atoms with van der Waals surface area (Å²) in [6.45, 7) is 65.7. The number of rotatable bonds is 0. The van der Waals surface area contributed by atoms with Crippen molar-refractivity contribution in [3.63, 3.8) is 0 Å². The summed E-state index contributed by atoms with van der Waals surface area (Å²) in [6, 6.07) is 2.67. The first-order valence-corrected chi connectivity index (χ1v) is 34.3. The Morgan fingerprint density at radius 1 is 0.263 bits per heavy atom. The van der Waals surface area contributed by atoms with E-state index in [9.17, 15) is 0 Å². The lowest BCUT2D eigenvalue weighted by molar-refractivity contribution is -0.0474. The topological polar surface area (TPSA) is 87.8 Å². The van der Waals surface area contributed by atoms with Gasteiger partial charge in [0, 0.05) is 63.6 Å². The van der Waals surface area contributed by atoms with Gasteiger partial charge in [-0.05, 0) is 158 Å². The molecule has 8 heteroatoms. The van der Waals surface area contributed by atoms with Crippen LogP contribution in [0.15, 0.2) is 0 Å². The van der Waals surface area contributed by atoms with Crippen molar-refractivity contribution in [3.05, 3.63) is 0 Å². The molecule has 0 aromatic heterocycles. The highest BCUT2D eigenvalue weighted by atomic mass is 16.5. The van der Waals surface area contributed by atoms with Gasteiger partial charge in [0.05, 0.1) is 25.4 Å². The fraction of sp³-hybridized carbons (Fsp3) is 1.00. The summed E-state index contributed by atoms with van der Waals surface area (Å²) < 4.78 is 16.6. The van der Waals surface area contributed by atoms with Gasteiger partial charge in [0.2, 0.25) is 0 Å². The van der Waals surface area contributed by atoms with E-state index in [-0.39, 0.29) is 0 Å². The van der Waals surface area contributed by atoms with Gasteiger partial charge in [0.15, 0.2) is 0 Å². The fourth-order valence-corrected chi connectivity index (χ4v) is 12.4. The highest BCUT2D eigenvalue weighted by molar-refractivity contribution is 4.87. The molecule has 2 aliphatic carbocycles. The average Bonchev–Trinajstić information content (AvgIpc) is 3.40. The lowest BCUT2D eigenvalue weighted by atomic mass is 9.72. The molecule has 0 aromatic rings. The van der Waals surface area contributed by atoms with Crippen molar-refractivity contribution >= 4 is 0 Å². The van der Waals surface area contributed by atoms with Crippen LogP contribution >= 0.6 is 0 Å². The summed E-state index contributed by atoms with van der Waals surface area (Å²) in [4.78, 5) is 0. The number of piperidine rings is 2. The van der Waals surface area contributed by atoms with E-state index >= 15 is 0 Å². The van der Waals surface area contributed by atoms with Crippen LogP contribution in [-0.2, 0) is 14.2 Å². The molecule has 2 saturated carbocycles. The minimum Gasteiger partial charge on any atom is -0.378 e. The summed E-state index contributed by atoms with van der Waals surface area (Å²) in [6.07, 6.45) is 31.8. The van der Waals surface area contributed by atoms with Crippen LogP contribution in [0.2, 0.25) is 0 Å². The third-order valence-corrected chi connectivity index (χ3v) is 18.7. The molecule has 5 N–H and O–H groups in total. The predicted molar refractivity (Wildman–Crippen MR) is 355 cm³/mol. The van der Waals surface area contributed by atoms with Crippen molar-refractivity contribution in [2.24, 2.45) is 55.2 Å². The molecule has 8 fully saturated rings. The molecule has 0 amide bonds. The Labute approximate surface area is 503 Å². The summed E-state index contributed by atoms with van der Waals surface area (Å²) in [5.41, 5.74) is 3.48. The van der Waals surface area contributed by atoms with E-state index in [0.29, 0.717) is 67.6 Å². The standard InChI is InChI=1S/2C10H20.2C9H19N.2C9H18O.C8H18N2.C8H17NO/c2*1-10(2,3)9-7-5-4-6-8-9;4*1-9(2,3)8-6-4-5-7-10-8;1-8(2,3)7-6-9-4-5-10-7;1-8(2,3)7-6-10-5-4-9-7/h2*9H,4-8H2,1-3H3;2*8,10H,4-7H2,1-3H3;2*8H,4-7H2,1-3H3;7,9-10H,4-6H2,1-3H3;7,9H,4-6H2,1-3H3/t;;4*8-;2*7-/m..101011/s1. The third kappa shape index (κ3) is 36.6. The first kappa shape index (κ1) is 77.7. The molecule has 6 aliphatic heterocycles. The lowest BCUT2D eigenvalue weighted by Gasteiger charge is -2.35. The van der Waals surface area contributed by atoms with Gasteiger partial charge in [-0.3, -0.25) is 0 Å². The Kier molecular flexibility index (Phi) is 37.0. The second-order valence-electron chi connectivity index (χ2n) is 34.6. The van der Waals surface area contributed by atoms with Gasteiger partial charge in [0.25, 0.3) is 0 Å². The zero-order valence-corrected chi connectivity index (χ0v) is 59.0. The Bertz CT molecular complexity index is 1110. The van der Waals surface area contributed by atoms with Crippen molar-refractivity contribution in [2.45, 2.75) is 344 Å². The van der Waals surface area contributed by atoms with E-state index in [2.05, 4.69) is 193 Å². The third-order valence-electron chi connectivity index (χ3n) is 18.7. The van der Waals surface area contributed by atoms with Crippen molar-refractivity contribution in [3.8, 4) is 0 Å². The van der Waals surface area contributed by atoms with Gasteiger partial charge in [0.1, 0.15) is 0 Å². The SMILES string of the molecule is CC(C)(C)C1CCCCC1.CC(C)(C)C1CCCCC1.CC(C)(C)[C@@H]1CCCCN1.CC(C)(C)[C@@H]1CCCCO1.CC(C)(C)[C@H]1CCCCN1.CC(C)(C)[C@H]1CCCCO1.CC(C)(C)[C@H]1CNCCN1.CC(C)(C)[C@H]1COCCN1. The van der Waals surface area contributed by atoms with E-state index in [1.54, 1.807) is 0 Å². The Balaban J connectivity index is 0.000000457. The number of ether oxygens (including phenoxy) is 3. The largest absolute Gasteiger partial charge is 0.378 e. The van der Waals surface area contributed by atoms with Gasteiger partial charge in [-0.15, -0.1) is 0 Å². The number of hydrogen-bond donors (Lipinski definition) is 5. The predicted octanol–water partition coefficient (Wildman–Crippen LogP) is 18.4. The van der Waals surface area contributed by atoms with Crippen molar-refractivity contribution in [2.75, 3.05) is 65.7 Å². The smallest absolute Gasteiger partial charge is 0.0625 e. The minimum absolute atomic E-state index is 0.334. The second-order valence-corrected chi connectivity index (χ2v) is 34.6. The molecule has 6 atom stereocenters. The highest BCUT2D eigenvalue weighted by Gasteiger charge is 2.31. The van der Waals surface area contributed by atoms with Crippen LogP contribution in [0.4, 0.5) is 0 Å². The molecule has 8 nitrogen and oxygen atoms in total. The van der Waals surface area contributed by atoms with E-state index in [1.165, 1.54) is 154 Å². The number of morpholine rings is 1. The van der Waals surface area contributed by atoms with Crippen LogP contribution in [0.5, 0.6) is 0 Å².